The minimum atomic E-state index is 0.276. The van der Waals surface area contributed by atoms with Gasteiger partial charge in [0.15, 0.2) is 5.65 Å². The fourth-order valence-electron chi connectivity index (χ4n) is 2.36. The van der Waals surface area contributed by atoms with E-state index in [2.05, 4.69) is 21.5 Å². The van der Waals surface area contributed by atoms with E-state index in [0.717, 1.165) is 34.7 Å². The van der Waals surface area contributed by atoms with E-state index in [1.807, 2.05) is 25.1 Å². The molecule has 2 aromatic heterocycles. The maximum Gasteiger partial charge on any atom is 0.160 e. The molecule has 0 amide bonds. The van der Waals surface area contributed by atoms with E-state index >= 15 is 0 Å². The van der Waals surface area contributed by atoms with Crippen LogP contribution in [-0.4, -0.2) is 19.6 Å². The molecule has 0 atom stereocenters. The fraction of sp³-hybridized carbons (Fsp3) is 0.200. The Morgan fingerprint density at radius 2 is 2.11 bits per heavy atom. The van der Waals surface area contributed by atoms with Crippen molar-refractivity contribution in [3.05, 3.63) is 42.1 Å². The van der Waals surface area contributed by atoms with Gasteiger partial charge in [-0.2, -0.15) is 0 Å². The van der Waals surface area contributed by atoms with Crippen molar-refractivity contribution in [2.75, 3.05) is 0 Å². The Balaban J connectivity index is 2.30. The molecule has 4 heteroatoms. The first-order valence-electron chi connectivity index (χ1n) is 6.32. The van der Waals surface area contributed by atoms with Gasteiger partial charge in [0.25, 0.3) is 0 Å². The van der Waals surface area contributed by atoms with Crippen molar-refractivity contribution in [3.63, 3.8) is 0 Å². The van der Waals surface area contributed by atoms with Crippen LogP contribution in [-0.2, 0) is 6.54 Å². The second-order valence-corrected chi connectivity index (χ2v) is 4.53. The van der Waals surface area contributed by atoms with Crippen molar-refractivity contribution in [3.8, 4) is 17.1 Å². The first-order chi connectivity index (χ1) is 9.20. The average molecular weight is 253 g/mol. The predicted octanol–water partition coefficient (Wildman–Crippen LogP) is 3.13. The summed E-state index contributed by atoms with van der Waals surface area (Å²) in [5.41, 5.74) is 3.82. The largest absolute Gasteiger partial charge is 0.508 e. The standard InChI is InChI=1S/C15H15N3O/c1-3-18-14(12-7-6-11(19)9-10(12)2)17-13-5-4-8-16-15(13)18/h4-9,19H,3H2,1-2H3. The summed E-state index contributed by atoms with van der Waals surface area (Å²) in [6.45, 7) is 4.86. The number of aryl methyl sites for hydroxylation is 2. The Labute approximate surface area is 111 Å². The van der Waals surface area contributed by atoms with Gasteiger partial charge in [-0.15, -0.1) is 0 Å². The number of aromatic hydroxyl groups is 1. The van der Waals surface area contributed by atoms with Crippen LogP contribution in [0.4, 0.5) is 0 Å². The Hall–Kier alpha value is -2.36. The second-order valence-electron chi connectivity index (χ2n) is 4.53. The summed E-state index contributed by atoms with van der Waals surface area (Å²) in [6, 6.07) is 9.20. The number of rotatable bonds is 2. The summed E-state index contributed by atoms with van der Waals surface area (Å²) in [7, 11) is 0. The third-order valence-corrected chi connectivity index (χ3v) is 3.27. The first kappa shape index (κ1) is 11.7. The van der Waals surface area contributed by atoms with E-state index in [1.165, 1.54) is 0 Å². The number of nitrogens with zero attached hydrogens (tertiary/aromatic N) is 3. The van der Waals surface area contributed by atoms with Gasteiger partial charge in [-0.1, -0.05) is 0 Å². The molecule has 3 aromatic rings. The topological polar surface area (TPSA) is 50.9 Å². The van der Waals surface area contributed by atoms with Gasteiger partial charge >= 0.3 is 0 Å². The molecule has 2 heterocycles. The normalized spacial score (nSPS) is 11.1. The third-order valence-electron chi connectivity index (χ3n) is 3.27. The number of pyridine rings is 1. The monoisotopic (exact) mass is 253 g/mol. The molecule has 0 saturated carbocycles. The van der Waals surface area contributed by atoms with Crippen LogP contribution in [0.25, 0.3) is 22.6 Å². The van der Waals surface area contributed by atoms with Crippen molar-refractivity contribution in [2.45, 2.75) is 20.4 Å². The molecule has 0 spiro atoms. The fourth-order valence-corrected chi connectivity index (χ4v) is 2.36. The van der Waals surface area contributed by atoms with E-state index in [9.17, 15) is 5.11 Å². The van der Waals surface area contributed by atoms with Crippen LogP contribution in [0, 0.1) is 6.92 Å². The van der Waals surface area contributed by atoms with Gasteiger partial charge in [0.2, 0.25) is 0 Å². The van der Waals surface area contributed by atoms with Gasteiger partial charge in [-0.25, -0.2) is 9.97 Å². The molecule has 4 nitrogen and oxygen atoms in total. The first-order valence-corrected chi connectivity index (χ1v) is 6.32. The SMILES string of the molecule is CCn1c(-c2ccc(O)cc2C)nc2cccnc21. The molecule has 0 aliphatic heterocycles. The van der Waals surface area contributed by atoms with Crippen LogP contribution in [0.1, 0.15) is 12.5 Å². The third kappa shape index (κ3) is 1.85. The predicted molar refractivity (Wildman–Crippen MR) is 75.0 cm³/mol. The van der Waals surface area contributed by atoms with E-state index in [4.69, 9.17) is 0 Å². The highest BCUT2D eigenvalue weighted by molar-refractivity contribution is 5.78. The molecule has 96 valence electrons. The van der Waals surface area contributed by atoms with E-state index in [-0.39, 0.29) is 5.75 Å². The van der Waals surface area contributed by atoms with E-state index < -0.39 is 0 Å². The molecule has 0 aliphatic carbocycles. The summed E-state index contributed by atoms with van der Waals surface area (Å²) in [6.07, 6.45) is 1.78. The lowest BCUT2D eigenvalue weighted by Gasteiger charge is -2.08. The highest BCUT2D eigenvalue weighted by Crippen LogP contribution is 2.28. The van der Waals surface area contributed by atoms with Crippen molar-refractivity contribution >= 4 is 11.2 Å². The van der Waals surface area contributed by atoms with Crippen LogP contribution in [0.15, 0.2) is 36.5 Å². The van der Waals surface area contributed by atoms with E-state index in [1.54, 1.807) is 18.3 Å². The Morgan fingerprint density at radius 3 is 2.84 bits per heavy atom. The number of benzene rings is 1. The quantitative estimate of drug-likeness (QED) is 0.763. The molecule has 0 saturated heterocycles. The van der Waals surface area contributed by atoms with Gasteiger partial charge in [-0.05, 0) is 49.7 Å². The highest BCUT2D eigenvalue weighted by Gasteiger charge is 2.13. The van der Waals surface area contributed by atoms with Crippen LogP contribution in [0.2, 0.25) is 0 Å². The molecule has 19 heavy (non-hydrogen) atoms. The van der Waals surface area contributed by atoms with Crippen molar-refractivity contribution in [1.29, 1.82) is 0 Å². The number of phenols is 1. The lowest BCUT2D eigenvalue weighted by molar-refractivity contribution is 0.475. The Kier molecular flexibility index (Phi) is 2.71. The lowest BCUT2D eigenvalue weighted by atomic mass is 10.1. The number of fused-ring (bicyclic) bond motifs is 1. The highest BCUT2D eigenvalue weighted by atomic mass is 16.3. The summed E-state index contributed by atoms with van der Waals surface area (Å²) in [4.78, 5) is 9.06. The molecule has 3 rings (SSSR count). The summed E-state index contributed by atoms with van der Waals surface area (Å²) < 4.78 is 2.09. The number of aromatic nitrogens is 3. The maximum absolute atomic E-state index is 9.51. The van der Waals surface area contributed by atoms with Crippen molar-refractivity contribution < 1.29 is 5.11 Å². The smallest absolute Gasteiger partial charge is 0.160 e. The van der Waals surface area contributed by atoms with Gasteiger partial charge < -0.3 is 9.67 Å². The zero-order chi connectivity index (χ0) is 13.4. The number of phenolic OH excluding ortho intramolecular Hbond substituents is 1. The molecular formula is C15H15N3O. The molecule has 1 N–H and O–H groups in total. The minimum Gasteiger partial charge on any atom is -0.508 e. The molecule has 0 bridgehead atoms. The summed E-state index contributed by atoms with van der Waals surface area (Å²) in [5.74, 6) is 1.17. The van der Waals surface area contributed by atoms with Crippen LogP contribution in [0.5, 0.6) is 5.75 Å². The van der Waals surface area contributed by atoms with Crippen molar-refractivity contribution in [2.24, 2.45) is 0 Å². The number of hydrogen-bond donors (Lipinski definition) is 1. The Bertz CT molecular complexity index is 746. The second kappa shape index (κ2) is 4.39. The average Bonchev–Trinajstić information content (AvgIpc) is 2.76. The molecule has 1 aromatic carbocycles. The van der Waals surface area contributed by atoms with Gasteiger partial charge in [-0.3, -0.25) is 0 Å². The Morgan fingerprint density at radius 1 is 1.26 bits per heavy atom. The molecule has 0 unspecified atom stereocenters. The lowest BCUT2D eigenvalue weighted by Crippen LogP contribution is -1.99. The minimum absolute atomic E-state index is 0.276. The van der Waals surface area contributed by atoms with Gasteiger partial charge in [0.05, 0.1) is 0 Å². The van der Waals surface area contributed by atoms with Crippen molar-refractivity contribution in [1.82, 2.24) is 14.5 Å². The van der Waals surface area contributed by atoms with Crippen LogP contribution >= 0.6 is 0 Å². The zero-order valence-electron chi connectivity index (χ0n) is 11.0. The molecule has 0 aliphatic rings. The molecule has 0 fully saturated rings. The van der Waals surface area contributed by atoms with Gasteiger partial charge in [0.1, 0.15) is 17.1 Å². The number of hydrogen-bond acceptors (Lipinski definition) is 3. The summed E-state index contributed by atoms with van der Waals surface area (Å²) >= 11 is 0. The van der Waals surface area contributed by atoms with Crippen LogP contribution < -0.4 is 0 Å². The van der Waals surface area contributed by atoms with Gasteiger partial charge in [0, 0.05) is 18.3 Å². The van der Waals surface area contributed by atoms with Crippen LogP contribution in [0.3, 0.4) is 0 Å². The van der Waals surface area contributed by atoms with E-state index in [0.29, 0.717) is 0 Å². The number of imidazole rings is 1. The molecule has 0 radical (unpaired) electrons. The summed E-state index contributed by atoms with van der Waals surface area (Å²) in [5, 5.41) is 9.51. The molecular weight excluding hydrogens is 238 g/mol. The maximum atomic E-state index is 9.51. The zero-order valence-corrected chi connectivity index (χ0v) is 11.0.